The molecule has 0 saturated heterocycles. The molecule has 8 heteroatoms. The van der Waals surface area contributed by atoms with E-state index in [0.29, 0.717) is 28.5 Å². The zero-order valence-electron chi connectivity index (χ0n) is 20.7. The second kappa shape index (κ2) is 12.5. The average molecular weight is 496 g/mol. The number of hydrogen-bond acceptors (Lipinski definition) is 5. The van der Waals surface area contributed by atoms with Crippen LogP contribution in [0.15, 0.2) is 59.8 Å². The molecular weight excluding hydrogens is 462 g/mol. The molecule has 1 atom stereocenters. The number of hydrogen-bond donors (Lipinski definition) is 2. The van der Waals surface area contributed by atoms with Crippen LogP contribution in [0.25, 0.3) is 0 Å². The number of nitrogens with one attached hydrogen (secondary N) is 2. The highest BCUT2D eigenvalue weighted by molar-refractivity contribution is 7.80. The summed E-state index contributed by atoms with van der Waals surface area (Å²) in [5.74, 6) is -0.595. The summed E-state index contributed by atoms with van der Waals surface area (Å²) in [4.78, 5) is 27.3. The van der Waals surface area contributed by atoms with E-state index in [1.165, 1.54) is 5.56 Å². The molecule has 3 rings (SSSR count). The number of anilines is 1. The van der Waals surface area contributed by atoms with Gasteiger partial charge in [0.05, 0.1) is 18.2 Å². The zero-order chi connectivity index (χ0) is 25.4. The Bertz CT molecular complexity index is 1080. The third-order valence-electron chi connectivity index (χ3n) is 6.03. The third kappa shape index (κ3) is 6.68. The normalized spacial score (nSPS) is 15.6. The molecule has 0 saturated carbocycles. The lowest BCUT2D eigenvalue weighted by Gasteiger charge is -2.35. The molecule has 0 fully saturated rings. The van der Waals surface area contributed by atoms with Crippen molar-refractivity contribution in [2.75, 3.05) is 32.7 Å². The van der Waals surface area contributed by atoms with Gasteiger partial charge in [-0.3, -0.25) is 4.79 Å². The van der Waals surface area contributed by atoms with Crippen molar-refractivity contribution in [2.24, 2.45) is 0 Å². The highest BCUT2D eigenvalue weighted by atomic mass is 32.1. The van der Waals surface area contributed by atoms with E-state index in [1.807, 2.05) is 55.5 Å². The summed E-state index contributed by atoms with van der Waals surface area (Å²) in [6.45, 7) is 4.49. The Morgan fingerprint density at radius 1 is 1.09 bits per heavy atom. The van der Waals surface area contributed by atoms with E-state index in [2.05, 4.69) is 17.6 Å². The van der Waals surface area contributed by atoms with E-state index >= 15 is 0 Å². The van der Waals surface area contributed by atoms with Crippen LogP contribution < -0.4 is 10.6 Å². The second-order valence-electron chi connectivity index (χ2n) is 8.45. The monoisotopic (exact) mass is 495 g/mol. The maximum Gasteiger partial charge on any atom is 0.338 e. The minimum Gasteiger partial charge on any atom is -0.460 e. The van der Waals surface area contributed by atoms with Gasteiger partial charge in [0, 0.05) is 31.1 Å². The minimum atomic E-state index is -0.464. The lowest BCUT2D eigenvalue weighted by molar-refractivity contribution is -0.140. The van der Waals surface area contributed by atoms with Gasteiger partial charge in [-0.1, -0.05) is 37.6 Å². The van der Waals surface area contributed by atoms with Gasteiger partial charge in [0.1, 0.15) is 6.61 Å². The first-order valence-corrected chi connectivity index (χ1v) is 12.2. The Balaban J connectivity index is 1.74. The van der Waals surface area contributed by atoms with Crippen molar-refractivity contribution in [3.05, 3.63) is 76.5 Å². The van der Waals surface area contributed by atoms with Crippen LogP contribution in [0.1, 0.15) is 54.2 Å². The summed E-state index contributed by atoms with van der Waals surface area (Å²) >= 11 is 5.45. The third-order valence-corrected chi connectivity index (χ3v) is 6.42. The minimum absolute atomic E-state index is 0.164. The van der Waals surface area contributed by atoms with E-state index in [1.54, 1.807) is 19.1 Å². The smallest absolute Gasteiger partial charge is 0.338 e. The van der Waals surface area contributed by atoms with E-state index in [0.717, 1.165) is 30.5 Å². The largest absolute Gasteiger partial charge is 0.460 e. The van der Waals surface area contributed by atoms with Crippen molar-refractivity contribution in [3.63, 3.8) is 0 Å². The number of aryl methyl sites for hydroxylation is 1. The van der Waals surface area contributed by atoms with E-state index in [4.69, 9.17) is 21.7 Å². The second-order valence-corrected chi connectivity index (χ2v) is 8.83. The number of amides is 1. The lowest BCUT2D eigenvalue weighted by Crippen LogP contribution is -2.46. The molecule has 1 amide bonds. The molecule has 0 radical (unpaired) electrons. The maximum atomic E-state index is 12.9. The number of carbonyl (C=O) groups excluding carboxylic acids is 2. The Labute approximate surface area is 212 Å². The topological polar surface area (TPSA) is 79.9 Å². The SMILES string of the molecule is CCCCc1ccc(C(=O)Nc2ccc(C3NC(=S)N(C)C(C)=C3C(=O)OCCOC)cc2)cc1. The van der Waals surface area contributed by atoms with Gasteiger partial charge in [0.25, 0.3) is 5.91 Å². The molecule has 35 heavy (non-hydrogen) atoms. The average Bonchev–Trinajstić information content (AvgIpc) is 2.86. The number of ether oxygens (including phenoxy) is 2. The molecule has 2 N–H and O–H groups in total. The number of carbonyl (C=O) groups is 2. The van der Waals surface area contributed by atoms with Crippen molar-refractivity contribution < 1.29 is 19.1 Å². The van der Waals surface area contributed by atoms with E-state index in [-0.39, 0.29) is 12.5 Å². The quantitative estimate of drug-likeness (QED) is 0.283. The number of esters is 1. The van der Waals surface area contributed by atoms with Crippen molar-refractivity contribution in [1.29, 1.82) is 0 Å². The lowest BCUT2D eigenvalue weighted by atomic mass is 9.95. The molecule has 2 aromatic carbocycles. The van der Waals surface area contributed by atoms with Crippen LogP contribution in [0.5, 0.6) is 0 Å². The van der Waals surface area contributed by atoms with Gasteiger partial charge in [0.2, 0.25) is 0 Å². The summed E-state index contributed by atoms with van der Waals surface area (Å²) < 4.78 is 10.4. The number of unbranched alkanes of at least 4 members (excludes halogenated alkanes) is 1. The predicted molar refractivity (Wildman–Crippen MR) is 141 cm³/mol. The molecule has 0 bridgehead atoms. The van der Waals surface area contributed by atoms with Crippen LogP contribution in [0.2, 0.25) is 0 Å². The molecule has 0 spiro atoms. The number of rotatable bonds is 10. The van der Waals surface area contributed by atoms with Gasteiger partial charge in [-0.2, -0.15) is 0 Å². The number of allylic oxidation sites excluding steroid dienone is 1. The molecule has 1 aliphatic heterocycles. The molecule has 2 aromatic rings. The van der Waals surface area contributed by atoms with Gasteiger partial charge >= 0.3 is 5.97 Å². The van der Waals surface area contributed by atoms with Crippen LogP contribution >= 0.6 is 12.2 Å². The Kier molecular flexibility index (Phi) is 9.39. The van der Waals surface area contributed by atoms with Crippen LogP contribution in [-0.4, -0.2) is 49.3 Å². The van der Waals surface area contributed by atoms with Crippen LogP contribution in [0, 0.1) is 0 Å². The van der Waals surface area contributed by atoms with Gasteiger partial charge in [0.15, 0.2) is 5.11 Å². The summed E-state index contributed by atoms with van der Waals surface area (Å²) in [6, 6.07) is 14.6. The molecule has 0 aliphatic carbocycles. The van der Waals surface area contributed by atoms with Gasteiger partial charge < -0.3 is 25.0 Å². The highest BCUT2D eigenvalue weighted by Crippen LogP contribution is 2.31. The van der Waals surface area contributed by atoms with Crippen molar-refractivity contribution in [3.8, 4) is 0 Å². The van der Waals surface area contributed by atoms with E-state index < -0.39 is 12.0 Å². The molecule has 186 valence electrons. The van der Waals surface area contributed by atoms with Crippen molar-refractivity contribution in [2.45, 2.75) is 39.2 Å². The first-order valence-electron chi connectivity index (χ1n) is 11.8. The molecule has 0 aromatic heterocycles. The van der Waals surface area contributed by atoms with Crippen molar-refractivity contribution in [1.82, 2.24) is 10.2 Å². The molecule has 1 unspecified atom stereocenters. The molecule has 1 aliphatic rings. The molecule has 1 heterocycles. The van der Waals surface area contributed by atoms with Crippen LogP contribution in [0.4, 0.5) is 5.69 Å². The number of nitrogens with zero attached hydrogens (tertiary/aromatic N) is 1. The number of methoxy groups -OCH3 is 1. The fourth-order valence-corrected chi connectivity index (χ4v) is 4.07. The standard InChI is InChI=1S/C27H33N3O4S/c1-5-6-7-19-8-10-21(11-9-19)25(31)28-22-14-12-20(13-15-22)24-23(26(32)34-17-16-33-4)18(2)30(3)27(35)29-24/h8-15,24H,5-7,16-17H2,1-4H3,(H,28,31)(H,29,35). The van der Waals surface area contributed by atoms with Crippen LogP contribution in [-0.2, 0) is 20.7 Å². The first-order chi connectivity index (χ1) is 16.8. The maximum absolute atomic E-state index is 12.9. The Morgan fingerprint density at radius 3 is 2.40 bits per heavy atom. The summed E-state index contributed by atoms with van der Waals surface area (Å²) in [7, 11) is 3.36. The Morgan fingerprint density at radius 2 is 1.77 bits per heavy atom. The zero-order valence-corrected chi connectivity index (χ0v) is 21.5. The molecule has 7 nitrogen and oxygen atoms in total. The van der Waals surface area contributed by atoms with Gasteiger partial charge in [-0.15, -0.1) is 0 Å². The van der Waals surface area contributed by atoms with Gasteiger partial charge in [-0.25, -0.2) is 4.79 Å². The summed E-state index contributed by atoms with van der Waals surface area (Å²) in [5.41, 5.74) is 4.54. The predicted octanol–water partition coefficient (Wildman–Crippen LogP) is 4.61. The highest BCUT2D eigenvalue weighted by Gasteiger charge is 2.33. The fourth-order valence-electron chi connectivity index (χ4n) is 3.81. The van der Waals surface area contributed by atoms with Gasteiger partial charge in [-0.05, 0) is 67.4 Å². The number of thiocarbonyl (C=S) groups is 1. The Hall–Kier alpha value is -3.23. The summed E-state index contributed by atoms with van der Waals surface area (Å²) in [5, 5.41) is 6.67. The fraction of sp³-hybridized carbons (Fsp3) is 0.370. The molecular formula is C27H33N3O4S. The first kappa shape index (κ1) is 26.4. The van der Waals surface area contributed by atoms with E-state index in [9.17, 15) is 9.59 Å². The van der Waals surface area contributed by atoms with Crippen molar-refractivity contribution >= 4 is 34.9 Å². The summed E-state index contributed by atoms with van der Waals surface area (Å²) in [6.07, 6.45) is 3.29. The number of benzene rings is 2. The van der Waals surface area contributed by atoms with Crippen LogP contribution in [0.3, 0.4) is 0 Å².